The number of H-pyrrole nitrogens is 1. The molecule has 0 radical (unpaired) electrons. The van der Waals surface area contributed by atoms with E-state index in [4.69, 9.17) is 20.4 Å². The number of nitrogens with two attached hydrogens (primary N) is 1. The Bertz CT molecular complexity index is 1870. The molecular weight excluding hydrogens is 528 g/mol. The second-order valence-electron chi connectivity index (χ2n) is 9.27. The summed E-state index contributed by atoms with van der Waals surface area (Å²) in [5, 5.41) is 15.5. The molecule has 0 unspecified atom stereocenters. The number of anilines is 1. The number of fused-ring (bicyclic) bond motifs is 1. The molecule has 0 bridgehead atoms. The molecule has 1 saturated carbocycles. The Kier molecular flexibility index (Phi) is 6.69. The Morgan fingerprint density at radius 2 is 2.15 bits per heavy atom. The fourth-order valence-corrected chi connectivity index (χ4v) is 4.32. The molecule has 1 aliphatic carbocycles. The van der Waals surface area contributed by atoms with E-state index in [1.54, 1.807) is 34.8 Å². The second-order valence-corrected chi connectivity index (χ2v) is 11.0. The standard InChI is InChI=1S/C24H26N8O6S/c1-13(25)23(34)38-12-31-22(33)19(29-24(31)35)9-15-11-26-32-20(27-16-6-7-16)10-18(28-21(15)32)14-4-3-5-17(8-14)30-39(2,36)37/h3-5,8-11,13,16,30,33H,6-7,12,25H2,1-2H3,(H,29,35)/b15-9+,27-20?/t13-/m0/s1. The van der Waals surface area contributed by atoms with Gasteiger partial charge in [0.1, 0.15) is 11.7 Å². The van der Waals surface area contributed by atoms with Crippen LogP contribution in [0.1, 0.15) is 25.5 Å². The molecule has 0 aliphatic heterocycles. The molecule has 1 atom stereocenters. The molecule has 4 aromatic rings. The van der Waals surface area contributed by atoms with Gasteiger partial charge in [0.2, 0.25) is 15.9 Å². The van der Waals surface area contributed by atoms with Crippen LogP contribution in [0.2, 0.25) is 0 Å². The minimum atomic E-state index is -3.47. The number of hydrogen-bond acceptors (Lipinski definition) is 10. The Balaban J connectivity index is 1.61. The van der Waals surface area contributed by atoms with Crippen molar-refractivity contribution in [1.29, 1.82) is 0 Å². The SMILES string of the molecule is C[C@H](N)C(=O)OCn1c(O)c(/C=c2\cnn3c(=NC4CC4)cc(-c4cccc(NS(C)(=O)=O)c4)nc23)[nH]c1=O. The lowest BCUT2D eigenvalue weighted by Crippen LogP contribution is -2.30. The number of aromatic amines is 1. The van der Waals surface area contributed by atoms with Gasteiger partial charge in [0.15, 0.2) is 17.9 Å². The van der Waals surface area contributed by atoms with Crippen molar-refractivity contribution in [3.63, 3.8) is 0 Å². The summed E-state index contributed by atoms with van der Waals surface area (Å²) in [5.41, 5.74) is 7.32. The number of carbonyl (C=O) groups is 1. The van der Waals surface area contributed by atoms with Gasteiger partial charge in [0, 0.05) is 22.5 Å². The number of nitrogens with zero attached hydrogens (tertiary/aromatic N) is 5. The Morgan fingerprint density at radius 3 is 2.85 bits per heavy atom. The first kappa shape index (κ1) is 26.1. The summed E-state index contributed by atoms with van der Waals surface area (Å²) in [6, 6.07) is 7.85. The third-order valence-electron chi connectivity index (χ3n) is 5.79. The first-order valence-corrected chi connectivity index (χ1v) is 13.8. The number of rotatable bonds is 8. The van der Waals surface area contributed by atoms with Crippen molar-refractivity contribution in [2.45, 2.75) is 38.6 Å². The number of aromatic hydroxyl groups is 1. The fourth-order valence-electron chi connectivity index (χ4n) is 3.77. The van der Waals surface area contributed by atoms with E-state index >= 15 is 0 Å². The predicted molar refractivity (Wildman–Crippen MR) is 141 cm³/mol. The van der Waals surface area contributed by atoms with Crippen LogP contribution < -0.4 is 26.9 Å². The van der Waals surface area contributed by atoms with Crippen LogP contribution in [0, 0.1) is 0 Å². The number of nitrogens with one attached hydrogen (secondary N) is 2. The van der Waals surface area contributed by atoms with Crippen LogP contribution in [0.3, 0.4) is 0 Å². The Hall–Kier alpha value is -4.50. The van der Waals surface area contributed by atoms with Gasteiger partial charge in [-0.3, -0.25) is 14.5 Å². The summed E-state index contributed by atoms with van der Waals surface area (Å²) >= 11 is 0. The number of sulfonamides is 1. The van der Waals surface area contributed by atoms with Gasteiger partial charge in [-0.25, -0.2) is 22.8 Å². The number of carbonyl (C=O) groups excluding carboxylic acids is 1. The van der Waals surface area contributed by atoms with E-state index < -0.39 is 40.3 Å². The van der Waals surface area contributed by atoms with Crippen LogP contribution in [0.5, 0.6) is 5.88 Å². The van der Waals surface area contributed by atoms with Crippen molar-refractivity contribution in [3.8, 4) is 17.1 Å². The Labute approximate surface area is 221 Å². The van der Waals surface area contributed by atoms with Gasteiger partial charge >= 0.3 is 11.7 Å². The highest BCUT2D eigenvalue weighted by molar-refractivity contribution is 7.92. The molecule has 3 aromatic heterocycles. The average molecular weight is 555 g/mol. The zero-order valence-corrected chi connectivity index (χ0v) is 21.8. The molecule has 1 fully saturated rings. The first-order chi connectivity index (χ1) is 18.5. The van der Waals surface area contributed by atoms with Gasteiger partial charge in [-0.05, 0) is 38.0 Å². The van der Waals surface area contributed by atoms with Crippen LogP contribution in [0.4, 0.5) is 5.69 Å². The van der Waals surface area contributed by atoms with E-state index in [0.717, 1.165) is 23.7 Å². The predicted octanol–water partition coefficient (Wildman–Crippen LogP) is -0.578. The van der Waals surface area contributed by atoms with Crippen molar-refractivity contribution in [3.05, 3.63) is 63.4 Å². The molecule has 3 heterocycles. The molecule has 1 aliphatic rings. The molecule has 14 nitrogen and oxygen atoms in total. The maximum atomic E-state index is 12.4. The summed E-state index contributed by atoms with van der Waals surface area (Å²) in [6.45, 7) is 0.921. The molecular formula is C24H26N8O6S. The summed E-state index contributed by atoms with van der Waals surface area (Å²) < 4.78 is 33.2. The molecule has 204 valence electrons. The largest absolute Gasteiger partial charge is 0.493 e. The van der Waals surface area contributed by atoms with Crippen LogP contribution in [-0.2, 0) is 26.3 Å². The third kappa shape index (κ3) is 5.83. The Morgan fingerprint density at radius 1 is 1.38 bits per heavy atom. The zero-order valence-electron chi connectivity index (χ0n) is 21.0. The highest BCUT2D eigenvalue weighted by Gasteiger charge is 2.21. The van der Waals surface area contributed by atoms with Gasteiger partial charge in [0.25, 0.3) is 0 Å². The van der Waals surface area contributed by atoms with Gasteiger partial charge in [0.05, 0.1) is 24.2 Å². The molecule has 39 heavy (non-hydrogen) atoms. The summed E-state index contributed by atoms with van der Waals surface area (Å²) in [4.78, 5) is 36.1. The van der Waals surface area contributed by atoms with E-state index in [1.807, 2.05) is 0 Å². The summed E-state index contributed by atoms with van der Waals surface area (Å²) in [5.74, 6) is -1.18. The van der Waals surface area contributed by atoms with Crippen LogP contribution in [-0.4, -0.2) is 62.0 Å². The number of imidazole rings is 1. The van der Waals surface area contributed by atoms with Gasteiger partial charge in [-0.2, -0.15) is 9.61 Å². The van der Waals surface area contributed by atoms with Gasteiger partial charge in [-0.1, -0.05) is 12.1 Å². The van der Waals surface area contributed by atoms with E-state index in [-0.39, 0.29) is 11.7 Å². The summed E-state index contributed by atoms with van der Waals surface area (Å²) in [6.07, 6.45) is 6.00. The maximum absolute atomic E-state index is 12.4. The summed E-state index contributed by atoms with van der Waals surface area (Å²) in [7, 11) is -3.47. The molecule has 0 spiro atoms. The molecule has 0 saturated heterocycles. The number of ether oxygens (including phenoxy) is 1. The lowest BCUT2D eigenvalue weighted by Gasteiger charge is -2.07. The molecule has 5 rings (SSSR count). The highest BCUT2D eigenvalue weighted by Crippen LogP contribution is 2.24. The zero-order chi connectivity index (χ0) is 27.9. The monoisotopic (exact) mass is 554 g/mol. The topological polar surface area (TPSA) is 199 Å². The fraction of sp³-hybridized carbons (Fsp3) is 0.292. The quantitative estimate of drug-likeness (QED) is 0.206. The van der Waals surface area contributed by atoms with Crippen molar-refractivity contribution in [2.75, 3.05) is 11.0 Å². The van der Waals surface area contributed by atoms with E-state index in [0.29, 0.717) is 33.3 Å². The lowest BCUT2D eigenvalue weighted by atomic mass is 10.1. The van der Waals surface area contributed by atoms with Crippen LogP contribution in [0.15, 0.2) is 46.3 Å². The van der Waals surface area contributed by atoms with Crippen LogP contribution in [0.25, 0.3) is 23.0 Å². The van der Waals surface area contributed by atoms with Crippen molar-refractivity contribution in [2.24, 2.45) is 10.7 Å². The number of esters is 1. The van der Waals surface area contributed by atoms with Crippen molar-refractivity contribution < 1.29 is 23.1 Å². The van der Waals surface area contributed by atoms with E-state index in [9.17, 15) is 23.1 Å². The minimum Gasteiger partial charge on any atom is -0.493 e. The van der Waals surface area contributed by atoms with E-state index in [1.165, 1.54) is 19.2 Å². The van der Waals surface area contributed by atoms with Crippen LogP contribution >= 0.6 is 0 Å². The minimum absolute atomic E-state index is 0.0546. The van der Waals surface area contributed by atoms with Crippen molar-refractivity contribution >= 4 is 33.4 Å². The van der Waals surface area contributed by atoms with E-state index in [2.05, 4.69) is 14.8 Å². The second kappa shape index (κ2) is 9.99. The first-order valence-electron chi connectivity index (χ1n) is 11.9. The number of hydrogen-bond donors (Lipinski definition) is 4. The van der Waals surface area contributed by atoms with Gasteiger partial charge in [-0.15, -0.1) is 0 Å². The normalized spacial score (nSPS) is 15.6. The third-order valence-corrected chi connectivity index (χ3v) is 6.40. The average Bonchev–Trinajstić information content (AvgIpc) is 3.53. The molecule has 1 aromatic carbocycles. The molecule has 5 N–H and O–H groups in total. The molecule has 15 heteroatoms. The number of aromatic nitrogens is 5. The smallest absolute Gasteiger partial charge is 0.331 e. The molecule has 0 amide bonds. The van der Waals surface area contributed by atoms with Crippen molar-refractivity contribution in [1.82, 2.24) is 24.1 Å². The lowest BCUT2D eigenvalue weighted by molar-refractivity contribution is -0.148. The number of benzene rings is 1. The van der Waals surface area contributed by atoms with Gasteiger partial charge < -0.3 is 20.6 Å². The highest BCUT2D eigenvalue weighted by atomic mass is 32.2. The maximum Gasteiger partial charge on any atom is 0.331 e.